The number of hydrogen-bond donors (Lipinski definition) is 2. The molecule has 17 heavy (non-hydrogen) atoms. The lowest BCUT2D eigenvalue weighted by Gasteiger charge is -2.10. The third-order valence-electron chi connectivity index (χ3n) is 2.48. The van der Waals surface area contributed by atoms with E-state index in [1.165, 1.54) is 11.3 Å². The molecule has 3 rings (SSSR count). The molecule has 0 spiro atoms. The summed E-state index contributed by atoms with van der Waals surface area (Å²) in [4.78, 5) is 22.1. The van der Waals surface area contributed by atoms with Crippen molar-refractivity contribution in [2.24, 2.45) is 9.98 Å². The lowest BCUT2D eigenvalue weighted by molar-refractivity contribution is 1.02. The summed E-state index contributed by atoms with van der Waals surface area (Å²) in [6, 6.07) is 5.78. The molecule has 1 aromatic carbocycles. The lowest BCUT2D eigenvalue weighted by atomic mass is 10.3. The van der Waals surface area contributed by atoms with Crippen LogP contribution in [-0.2, 0) is 0 Å². The number of aliphatic imine (C=N–C) groups is 2. The molecule has 6 heteroatoms. The fourth-order valence-corrected chi connectivity index (χ4v) is 2.46. The molecule has 86 valence electrons. The van der Waals surface area contributed by atoms with Gasteiger partial charge in [0.25, 0.3) is 0 Å². The number of nitrogens with one attached hydrogen (secondary N) is 2. The first-order valence-electron chi connectivity index (χ1n) is 5.26. The minimum Gasteiger partial charge on any atom is -0.344 e. The molecule has 2 N–H and O–H groups in total. The van der Waals surface area contributed by atoms with Gasteiger partial charge in [-0.25, -0.2) is 4.99 Å². The Labute approximate surface area is 101 Å². The quantitative estimate of drug-likeness (QED) is 0.806. The zero-order chi connectivity index (χ0) is 11.7. The number of aromatic nitrogens is 1. The Bertz CT molecular complexity index is 667. The van der Waals surface area contributed by atoms with Crippen molar-refractivity contribution in [3.05, 3.63) is 27.9 Å². The van der Waals surface area contributed by atoms with Crippen LogP contribution in [0.5, 0.6) is 0 Å². The highest BCUT2D eigenvalue weighted by atomic mass is 32.1. The Hall–Kier alpha value is -1.95. The number of H-pyrrole nitrogens is 1. The summed E-state index contributed by atoms with van der Waals surface area (Å²) in [5, 5.41) is 3.23. The molecule has 2 aromatic rings. The van der Waals surface area contributed by atoms with Gasteiger partial charge in [0.2, 0.25) is 0 Å². The van der Waals surface area contributed by atoms with Crippen molar-refractivity contribution < 1.29 is 0 Å². The Morgan fingerprint density at radius 1 is 1.41 bits per heavy atom. The van der Waals surface area contributed by atoms with E-state index in [-0.39, 0.29) is 4.87 Å². The highest BCUT2D eigenvalue weighted by molar-refractivity contribution is 7.16. The Morgan fingerprint density at radius 3 is 3.18 bits per heavy atom. The lowest BCUT2D eigenvalue weighted by Crippen LogP contribution is -2.15. The summed E-state index contributed by atoms with van der Waals surface area (Å²) in [6.07, 6.45) is 2.39. The predicted octanol–water partition coefficient (Wildman–Crippen LogP) is 1.83. The highest BCUT2D eigenvalue weighted by Crippen LogP contribution is 2.19. The first-order chi connectivity index (χ1) is 8.31. The molecule has 0 fully saturated rings. The zero-order valence-corrected chi connectivity index (χ0v) is 9.75. The van der Waals surface area contributed by atoms with Crippen LogP contribution in [0.3, 0.4) is 0 Å². The topological polar surface area (TPSA) is 69.6 Å². The van der Waals surface area contributed by atoms with E-state index in [2.05, 4.69) is 20.3 Å². The molecular formula is C11H10N4OS. The number of nitrogens with zero attached hydrogens (tertiary/aromatic N) is 2. The van der Waals surface area contributed by atoms with E-state index in [1.54, 1.807) is 6.34 Å². The summed E-state index contributed by atoms with van der Waals surface area (Å²) in [5.74, 6) is 0.905. The summed E-state index contributed by atoms with van der Waals surface area (Å²) in [7, 11) is 0. The van der Waals surface area contributed by atoms with E-state index in [9.17, 15) is 4.79 Å². The van der Waals surface area contributed by atoms with Crippen LogP contribution in [0.15, 0.2) is 33.0 Å². The number of thiazole rings is 1. The third-order valence-corrected chi connectivity index (χ3v) is 3.33. The smallest absolute Gasteiger partial charge is 0.305 e. The molecule has 0 saturated heterocycles. The third kappa shape index (κ3) is 2.12. The maximum Gasteiger partial charge on any atom is 0.305 e. The Balaban J connectivity index is 1.92. The van der Waals surface area contributed by atoms with Crippen LogP contribution in [-0.4, -0.2) is 23.7 Å². The van der Waals surface area contributed by atoms with E-state index < -0.39 is 0 Å². The van der Waals surface area contributed by atoms with Crippen molar-refractivity contribution >= 4 is 39.4 Å². The van der Waals surface area contributed by atoms with Crippen molar-refractivity contribution in [2.45, 2.75) is 6.42 Å². The zero-order valence-electron chi connectivity index (χ0n) is 8.93. The fraction of sp³-hybridized carbons (Fsp3) is 0.182. The van der Waals surface area contributed by atoms with E-state index >= 15 is 0 Å². The van der Waals surface area contributed by atoms with Crippen LogP contribution in [0, 0.1) is 0 Å². The monoisotopic (exact) mass is 246 g/mol. The van der Waals surface area contributed by atoms with Gasteiger partial charge < -0.3 is 10.3 Å². The Morgan fingerprint density at radius 2 is 2.35 bits per heavy atom. The maximum atomic E-state index is 11.2. The van der Waals surface area contributed by atoms with Gasteiger partial charge >= 0.3 is 4.87 Å². The van der Waals surface area contributed by atoms with Crippen LogP contribution in [0.25, 0.3) is 10.2 Å². The van der Waals surface area contributed by atoms with Gasteiger partial charge in [-0.3, -0.25) is 9.79 Å². The number of hydrogen-bond acceptors (Lipinski definition) is 5. The van der Waals surface area contributed by atoms with E-state index in [1.807, 2.05) is 18.2 Å². The van der Waals surface area contributed by atoms with Gasteiger partial charge in [-0.1, -0.05) is 11.3 Å². The number of anilines is 1. The van der Waals surface area contributed by atoms with Crippen molar-refractivity contribution in [1.29, 1.82) is 0 Å². The second kappa shape index (κ2) is 4.14. The molecular weight excluding hydrogens is 236 g/mol. The van der Waals surface area contributed by atoms with Crippen LogP contribution in [0.1, 0.15) is 6.42 Å². The summed E-state index contributed by atoms with van der Waals surface area (Å²) in [5.41, 5.74) is 1.82. The summed E-state index contributed by atoms with van der Waals surface area (Å²) in [6.45, 7) is 0.769. The van der Waals surface area contributed by atoms with Crippen LogP contribution in [0.2, 0.25) is 0 Å². The molecule has 0 unspecified atom stereocenters. The normalized spacial score (nSPS) is 14.9. The second-order valence-electron chi connectivity index (χ2n) is 3.70. The first-order valence-corrected chi connectivity index (χ1v) is 6.08. The average Bonchev–Trinajstić information content (AvgIpc) is 2.70. The molecule has 0 saturated carbocycles. The molecule has 0 atom stereocenters. The van der Waals surface area contributed by atoms with E-state index in [0.717, 1.165) is 34.7 Å². The predicted molar refractivity (Wildman–Crippen MR) is 71.5 cm³/mol. The van der Waals surface area contributed by atoms with Crippen LogP contribution in [0.4, 0.5) is 5.69 Å². The SMILES string of the molecule is O=c1[nH]c2ccc(NC3=NC=NCC3)cc2s1. The van der Waals surface area contributed by atoms with Gasteiger partial charge in [0.15, 0.2) is 0 Å². The summed E-state index contributed by atoms with van der Waals surface area (Å²) < 4.78 is 0.949. The highest BCUT2D eigenvalue weighted by Gasteiger charge is 2.04. The number of aromatic amines is 1. The van der Waals surface area contributed by atoms with E-state index in [4.69, 9.17) is 0 Å². The molecule has 5 nitrogen and oxygen atoms in total. The summed E-state index contributed by atoms with van der Waals surface area (Å²) >= 11 is 1.21. The van der Waals surface area contributed by atoms with Gasteiger partial charge in [0.1, 0.15) is 12.2 Å². The number of amidine groups is 1. The number of benzene rings is 1. The number of rotatable bonds is 1. The molecule has 2 heterocycles. The van der Waals surface area contributed by atoms with Crippen molar-refractivity contribution in [1.82, 2.24) is 4.98 Å². The van der Waals surface area contributed by atoms with Crippen LogP contribution >= 0.6 is 11.3 Å². The second-order valence-corrected chi connectivity index (χ2v) is 4.71. The van der Waals surface area contributed by atoms with Crippen LogP contribution < -0.4 is 10.2 Å². The van der Waals surface area contributed by atoms with Gasteiger partial charge in [-0.05, 0) is 18.2 Å². The standard InChI is InChI=1S/C11H10N4OS/c16-11-15-8-2-1-7(5-9(8)17-11)14-10-3-4-12-6-13-10/h1-2,5-6H,3-4H2,(H,15,16)(H,12,13,14). The average molecular weight is 246 g/mol. The minimum absolute atomic E-state index is 0.0284. The molecule has 0 amide bonds. The van der Waals surface area contributed by atoms with Crippen molar-refractivity contribution in [3.63, 3.8) is 0 Å². The molecule has 1 aliphatic heterocycles. The molecule has 0 bridgehead atoms. The Kier molecular flexibility index (Phi) is 2.49. The van der Waals surface area contributed by atoms with Gasteiger partial charge in [0.05, 0.1) is 10.2 Å². The van der Waals surface area contributed by atoms with Crippen molar-refractivity contribution in [2.75, 3.05) is 11.9 Å². The van der Waals surface area contributed by atoms with Gasteiger partial charge in [0, 0.05) is 18.7 Å². The van der Waals surface area contributed by atoms with E-state index in [0.29, 0.717) is 0 Å². The first kappa shape index (κ1) is 10.2. The molecule has 1 aliphatic rings. The molecule has 0 aliphatic carbocycles. The molecule has 1 aromatic heterocycles. The van der Waals surface area contributed by atoms with Gasteiger partial charge in [-0.15, -0.1) is 0 Å². The maximum absolute atomic E-state index is 11.2. The van der Waals surface area contributed by atoms with Gasteiger partial charge in [-0.2, -0.15) is 0 Å². The minimum atomic E-state index is -0.0284. The van der Waals surface area contributed by atoms with Crippen molar-refractivity contribution in [3.8, 4) is 0 Å². The fourth-order valence-electron chi connectivity index (χ4n) is 1.69. The number of fused-ring (bicyclic) bond motifs is 1. The molecule has 0 radical (unpaired) electrons. The largest absolute Gasteiger partial charge is 0.344 e.